The summed E-state index contributed by atoms with van der Waals surface area (Å²) in [5.74, 6) is -1.55. The fraction of sp³-hybridized carbons (Fsp3) is 0.810. The van der Waals surface area contributed by atoms with Gasteiger partial charge in [-0.15, -0.1) is 0 Å². The van der Waals surface area contributed by atoms with Gasteiger partial charge in [-0.1, -0.05) is 58.5 Å². The van der Waals surface area contributed by atoms with Crippen molar-refractivity contribution in [2.75, 3.05) is 13.6 Å². The Balaban J connectivity index is 2.05. The van der Waals surface area contributed by atoms with E-state index < -0.39 is 25.0 Å². The highest BCUT2D eigenvalue weighted by Crippen LogP contribution is 2.52. The maximum atomic E-state index is 13.5. The van der Waals surface area contributed by atoms with Crippen LogP contribution in [0.3, 0.4) is 0 Å². The predicted octanol–water partition coefficient (Wildman–Crippen LogP) is 1.99. The highest BCUT2D eigenvalue weighted by Gasteiger charge is 2.57. The standard InChI is InChI=1S/C21H31I2N3O5/c1-4-7-21(23)11-20(2,22)13-8-17(29)26(19(13)31)12(5-6-15(27)24-3)10-25-16(28)9-14(21)18(25)30/h12-14,17,29H,4-11H2,1-3H3,(H,24,27). The van der Waals surface area contributed by atoms with Crippen LogP contribution in [0.25, 0.3) is 0 Å². The summed E-state index contributed by atoms with van der Waals surface area (Å²) in [4.78, 5) is 54.4. The summed E-state index contributed by atoms with van der Waals surface area (Å²) in [6.07, 6.45) is 2.19. The summed E-state index contributed by atoms with van der Waals surface area (Å²) in [6, 6.07) is -0.587. The molecule has 0 aromatic carbocycles. The molecule has 3 aliphatic heterocycles. The predicted molar refractivity (Wildman–Crippen MR) is 132 cm³/mol. The number of halogens is 2. The van der Waals surface area contributed by atoms with E-state index in [1.54, 1.807) is 7.05 Å². The van der Waals surface area contributed by atoms with Crippen molar-refractivity contribution in [1.29, 1.82) is 0 Å². The van der Waals surface area contributed by atoms with Gasteiger partial charge >= 0.3 is 0 Å². The van der Waals surface area contributed by atoms with Gasteiger partial charge in [-0.3, -0.25) is 24.1 Å². The largest absolute Gasteiger partial charge is 0.373 e. The van der Waals surface area contributed by atoms with Crippen molar-refractivity contribution in [1.82, 2.24) is 15.1 Å². The Labute approximate surface area is 210 Å². The molecule has 10 heteroatoms. The van der Waals surface area contributed by atoms with Crippen molar-refractivity contribution in [2.45, 2.75) is 77.9 Å². The second kappa shape index (κ2) is 9.40. The Kier molecular flexibility index (Phi) is 7.62. The summed E-state index contributed by atoms with van der Waals surface area (Å²) in [5, 5.41) is 13.4. The van der Waals surface area contributed by atoms with Crippen LogP contribution in [0, 0.1) is 11.8 Å². The van der Waals surface area contributed by atoms with E-state index in [4.69, 9.17) is 0 Å². The number of amides is 4. The summed E-state index contributed by atoms with van der Waals surface area (Å²) in [5.41, 5.74) is 0. The van der Waals surface area contributed by atoms with Gasteiger partial charge in [0, 0.05) is 39.7 Å². The summed E-state index contributed by atoms with van der Waals surface area (Å²) < 4.78 is -0.919. The van der Waals surface area contributed by atoms with Crippen molar-refractivity contribution >= 4 is 68.8 Å². The molecule has 6 unspecified atom stereocenters. The minimum absolute atomic E-state index is 0.0253. The zero-order valence-electron chi connectivity index (χ0n) is 18.2. The molecule has 3 saturated heterocycles. The first-order chi connectivity index (χ1) is 14.4. The van der Waals surface area contributed by atoms with Crippen LogP contribution >= 0.6 is 45.2 Å². The molecule has 4 bridgehead atoms. The molecule has 3 heterocycles. The van der Waals surface area contributed by atoms with Crippen LogP contribution in [0.2, 0.25) is 0 Å². The molecular formula is C21H31I2N3O5. The lowest BCUT2D eigenvalue weighted by atomic mass is 9.76. The number of nitrogens with zero attached hydrogens (tertiary/aromatic N) is 2. The Morgan fingerprint density at radius 3 is 2.52 bits per heavy atom. The van der Waals surface area contributed by atoms with E-state index >= 15 is 0 Å². The molecule has 31 heavy (non-hydrogen) atoms. The van der Waals surface area contributed by atoms with Crippen molar-refractivity contribution in [3.05, 3.63) is 0 Å². The van der Waals surface area contributed by atoms with Crippen LogP contribution in [-0.2, 0) is 19.2 Å². The Bertz CT molecular complexity index is 776. The number of alkyl halides is 2. The molecule has 3 rings (SSSR count). The Morgan fingerprint density at radius 2 is 1.90 bits per heavy atom. The molecule has 3 aliphatic rings. The number of rotatable bonds is 5. The minimum atomic E-state index is -0.987. The number of carbonyl (C=O) groups is 4. The van der Waals surface area contributed by atoms with E-state index in [0.717, 1.165) is 12.8 Å². The number of hydrogen-bond acceptors (Lipinski definition) is 5. The second-order valence-corrected chi connectivity index (χ2v) is 13.8. The highest BCUT2D eigenvalue weighted by molar-refractivity contribution is 14.1. The third kappa shape index (κ3) is 4.75. The molecule has 8 nitrogen and oxygen atoms in total. The lowest BCUT2D eigenvalue weighted by Crippen LogP contribution is -2.50. The molecule has 2 N–H and O–H groups in total. The number of fused-ring (bicyclic) bond motifs is 4. The zero-order chi connectivity index (χ0) is 23.1. The molecule has 3 fully saturated rings. The fourth-order valence-corrected chi connectivity index (χ4v) is 9.16. The van der Waals surface area contributed by atoms with Gasteiger partial charge < -0.3 is 15.3 Å². The van der Waals surface area contributed by atoms with Crippen molar-refractivity contribution < 1.29 is 24.3 Å². The van der Waals surface area contributed by atoms with Gasteiger partial charge in [0.05, 0.1) is 17.9 Å². The molecule has 174 valence electrons. The molecule has 0 aromatic heterocycles. The quantitative estimate of drug-likeness (QED) is 0.267. The zero-order valence-corrected chi connectivity index (χ0v) is 22.5. The first-order valence-corrected chi connectivity index (χ1v) is 13.0. The van der Waals surface area contributed by atoms with Crippen LogP contribution in [0.1, 0.15) is 58.8 Å². The third-order valence-electron chi connectivity index (χ3n) is 6.99. The van der Waals surface area contributed by atoms with Gasteiger partial charge in [-0.25, -0.2) is 0 Å². The number of hydrogen-bond donors (Lipinski definition) is 2. The number of carbonyl (C=O) groups excluding carboxylic acids is 4. The second-order valence-electron chi connectivity index (χ2n) is 9.22. The maximum absolute atomic E-state index is 13.5. The molecule has 0 aliphatic carbocycles. The number of imide groups is 1. The van der Waals surface area contributed by atoms with Crippen LogP contribution in [-0.4, -0.2) is 71.2 Å². The van der Waals surface area contributed by atoms with E-state index in [1.807, 2.05) is 6.92 Å². The van der Waals surface area contributed by atoms with E-state index in [9.17, 15) is 24.3 Å². The summed E-state index contributed by atoms with van der Waals surface area (Å²) in [6.45, 7) is 4.11. The third-order valence-corrected chi connectivity index (χ3v) is 9.80. The van der Waals surface area contributed by atoms with Gasteiger partial charge in [0.1, 0.15) is 6.23 Å². The molecule has 4 amide bonds. The molecule has 0 saturated carbocycles. The topological polar surface area (TPSA) is 107 Å². The highest BCUT2D eigenvalue weighted by atomic mass is 127. The SMILES string of the molecule is CCCC1(I)CC(C)(I)C2CC(O)N(C2=O)C(CCC(=O)NC)CN2C(=O)CC1C2=O. The van der Waals surface area contributed by atoms with Crippen molar-refractivity contribution in [2.24, 2.45) is 11.8 Å². The molecule has 0 aromatic rings. The van der Waals surface area contributed by atoms with Crippen molar-refractivity contribution in [3.8, 4) is 0 Å². The van der Waals surface area contributed by atoms with Crippen LogP contribution in [0.5, 0.6) is 0 Å². The van der Waals surface area contributed by atoms with E-state index in [-0.39, 0.29) is 55.4 Å². The van der Waals surface area contributed by atoms with Crippen molar-refractivity contribution in [3.63, 3.8) is 0 Å². The normalized spacial score (nSPS) is 38.5. The Hall–Kier alpha value is -0.500. The van der Waals surface area contributed by atoms with Gasteiger partial charge in [0.15, 0.2) is 0 Å². The lowest BCUT2D eigenvalue weighted by molar-refractivity contribution is -0.146. The maximum Gasteiger partial charge on any atom is 0.234 e. The average Bonchev–Trinajstić information content (AvgIpc) is 3.14. The van der Waals surface area contributed by atoms with Crippen LogP contribution in [0.4, 0.5) is 0 Å². The van der Waals surface area contributed by atoms with E-state index in [1.165, 1.54) is 9.80 Å². The minimum Gasteiger partial charge on any atom is -0.373 e. The number of aliphatic hydroxyl groups excluding tert-OH is 1. The number of nitrogens with one attached hydrogen (secondary N) is 1. The molecule has 0 radical (unpaired) electrons. The first kappa shape index (κ1) is 25.1. The molecule has 0 spiro atoms. The summed E-state index contributed by atoms with van der Waals surface area (Å²) in [7, 11) is 1.54. The molecular weight excluding hydrogens is 628 g/mol. The fourth-order valence-electron chi connectivity index (χ4n) is 5.41. The average molecular weight is 659 g/mol. The van der Waals surface area contributed by atoms with Gasteiger partial charge in [0.2, 0.25) is 23.6 Å². The van der Waals surface area contributed by atoms with E-state index in [0.29, 0.717) is 12.8 Å². The Morgan fingerprint density at radius 1 is 1.23 bits per heavy atom. The van der Waals surface area contributed by atoms with Crippen LogP contribution in [0.15, 0.2) is 0 Å². The number of aliphatic hydroxyl groups is 1. The smallest absolute Gasteiger partial charge is 0.234 e. The van der Waals surface area contributed by atoms with Gasteiger partial charge in [0.25, 0.3) is 0 Å². The molecule has 6 atom stereocenters. The summed E-state index contributed by atoms with van der Waals surface area (Å²) >= 11 is 4.67. The monoisotopic (exact) mass is 659 g/mol. The van der Waals surface area contributed by atoms with Gasteiger partial charge in [-0.05, 0) is 26.2 Å². The first-order valence-electron chi connectivity index (χ1n) is 10.9. The van der Waals surface area contributed by atoms with Crippen LogP contribution < -0.4 is 5.32 Å². The lowest BCUT2D eigenvalue weighted by Gasteiger charge is -2.40. The van der Waals surface area contributed by atoms with E-state index in [2.05, 4.69) is 57.4 Å². The van der Waals surface area contributed by atoms with Gasteiger partial charge in [-0.2, -0.15) is 0 Å².